The van der Waals surface area contributed by atoms with Gasteiger partial charge in [-0.2, -0.15) is 0 Å². The van der Waals surface area contributed by atoms with Crippen molar-refractivity contribution >= 4 is 19.6 Å². The zero-order valence-electron chi connectivity index (χ0n) is 17.3. The summed E-state index contributed by atoms with van der Waals surface area (Å²) in [6.07, 6.45) is 11.9. The lowest BCUT2D eigenvalue weighted by atomic mass is 9.86. The lowest BCUT2D eigenvalue weighted by Crippen LogP contribution is -2.31. The van der Waals surface area contributed by atoms with Crippen LogP contribution in [0.3, 0.4) is 0 Å². The smallest absolute Gasteiger partial charge is 0.228 e. The van der Waals surface area contributed by atoms with E-state index in [1.165, 1.54) is 51.0 Å². The number of carbonyl (C=O) groups is 2. The van der Waals surface area contributed by atoms with E-state index in [2.05, 4.69) is 6.55 Å². The van der Waals surface area contributed by atoms with Gasteiger partial charge in [-0.3, -0.25) is 9.59 Å². The first-order valence-electron chi connectivity index (χ1n) is 11.1. The van der Waals surface area contributed by atoms with Gasteiger partial charge in [0.15, 0.2) is 11.5 Å². The molecule has 152 valence electrons. The number of aliphatic hydroxyl groups is 1. The molecule has 0 unspecified atom stereocenters. The molecule has 1 aliphatic carbocycles. The van der Waals surface area contributed by atoms with Crippen LogP contribution in [0.2, 0.25) is 24.7 Å². The summed E-state index contributed by atoms with van der Waals surface area (Å²) in [5.41, 5.74) is 1.06. The third-order valence-electron chi connectivity index (χ3n) is 6.71. The van der Waals surface area contributed by atoms with Crippen molar-refractivity contribution in [2.75, 3.05) is 0 Å². The molecule has 1 N–H and O–H groups in total. The highest BCUT2D eigenvalue weighted by molar-refractivity contribution is 6.78. The number of unbranched alkanes of at least 4 members (excludes halogenated alkanes) is 5. The van der Waals surface area contributed by atoms with Crippen LogP contribution in [0.5, 0.6) is 0 Å². The number of benzene rings is 1. The molecule has 0 radical (unpaired) electrons. The zero-order valence-corrected chi connectivity index (χ0v) is 18.3. The number of carbonyl (C=O) groups excluding carboxylic acids is 2. The molecule has 1 fully saturated rings. The Morgan fingerprint density at radius 2 is 1.39 bits per heavy atom. The minimum Gasteiger partial charge on any atom is -0.504 e. The Morgan fingerprint density at radius 3 is 2.07 bits per heavy atom. The molecule has 3 rings (SSSR count). The number of ketones is 2. The second-order valence-corrected chi connectivity index (χ2v) is 14.1. The quantitative estimate of drug-likeness (QED) is 0.365. The molecule has 2 aliphatic rings. The average molecular weight is 399 g/mol. The van der Waals surface area contributed by atoms with E-state index >= 15 is 0 Å². The maximum Gasteiger partial charge on any atom is 0.228 e. The third kappa shape index (κ3) is 5.02. The summed E-state index contributed by atoms with van der Waals surface area (Å²) in [6, 6.07) is 11.4. The average Bonchev–Trinajstić information content (AvgIpc) is 2.71. The Morgan fingerprint density at radius 1 is 0.821 bits per heavy atom. The molecule has 1 aromatic carbocycles. The number of allylic oxidation sites excluding steroid dienone is 2. The van der Waals surface area contributed by atoms with Gasteiger partial charge in [0.25, 0.3) is 0 Å². The molecule has 4 heteroatoms. The fourth-order valence-corrected chi connectivity index (χ4v) is 8.92. The summed E-state index contributed by atoms with van der Waals surface area (Å²) in [7, 11) is -0.889. The van der Waals surface area contributed by atoms with Crippen molar-refractivity contribution in [2.45, 2.75) is 88.9 Å². The molecule has 1 saturated heterocycles. The van der Waals surface area contributed by atoms with Crippen molar-refractivity contribution in [2.24, 2.45) is 0 Å². The van der Waals surface area contributed by atoms with Crippen molar-refractivity contribution in [3.63, 3.8) is 0 Å². The van der Waals surface area contributed by atoms with E-state index in [1.54, 1.807) is 36.4 Å². The van der Waals surface area contributed by atoms with Crippen molar-refractivity contribution < 1.29 is 14.7 Å². The van der Waals surface area contributed by atoms with Crippen LogP contribution in [0.25, 0.3) is 0 Å². The standard InChI is InChI=1S/C24H34O3Si/c1-28(17-11-6-12-18-28)16-10-5-3-2-4-7-15-21-22(25)19-13-8-9-14-20(19)23(26)24(21)27/h8-9,13-14,27H,2-7,10-12,15-18H2,1H3. The fraction of sp³-hybridized carbons (Fsp3) is 0.583. The van der Waals surface area contributed by atoms with Gasteiger partial charge < -0.3 is 5.11 Å². The zero-order chi connectivity index (χ0) is 20.0. The van der Waals surface area contributed by atoms with E-state index in [4.69, 9.17) is 0 Å². The molecule has 0 bridgehead atoms. The van der Waals surface area contributed by atoms with Crippen molar-refractivity contribution in [3.05, 3.63) is 46.7 Å². The molecule has 1 aliphatic heterocycles. The molecular formula is C24H34O3Si. The van der Waals surface area contributed by atoms with Crippen molar-refractivity contribution in [1.82, 2.24) is 0 Å². The van der Waals surface area contributed by atoms with Gasteiger partial charge >= 0.3 is 0 Å². The van der Waals surface area contributed by atoms with Gasteiger partial charge in [-0.25, -0.2) is 0 Å². The molecule has 0 spiro atoms. The number of hydrogen-bond acceptors (Lipinski definition) is 3. The maximum atomic E-state index is 12.6. The van der Waals surface area contributed by atoms with Crippen molar-refractivity contribution in [1.29, 1.82) is 0 Å². The highest BCUT2D eigenvalue weighted by atomic mass is 28.3. The van der Waals surface area contributed by atoms with E-state index in [0.29, 0.717) is 23.1 Å². The van der Waals surface area contributed by atoms with Crippen LogP contribution in [0.15, 0.2) is 35.6 Å². The van der Waals surface area contributed by atoms with E-state index in [-0.39, 0.29) is 11.5 Å². The third-order valence-corrected chi connectivity index (χ3v) is 11.4. The lowest BCUT2D eigenvalue weighted by molar-refractivity contribution is 0.0926. The van der Waals surface area contributed by atoms with Gasteiger partial charge in [0, 0.05) is 16.7 Å². The predicted molar refractivity (Wildman–Crippen MR) is 117 cm³/mol. The Labute approximate surface area is 170 Å². The number of rotatable bonds is 9. The molecule has 0 saturated carbocycles. The molecule has 0 atom stereocenters. The molecule has 3 nitrogen and oxygen atoms in total. The summed E-state index contributed by atoms with van der Waals surface area (Å²) < 4.78 is 0. The Hall–Kier alpha value is -1.68. The summed E-state index contributed by atoms with van der Waals surface area (Å²) in [6.45, 7) is 2.60. The summed E-state index contributed by atoms with van der Waals surface area (Å²) in [5, 5.41) is 10.2. The van der Waals surface area contributed by atoms with E-state index in [0.717, 1.165) is 12.8 Å². The summed E-state index contributed by atoms with van der Waals surface area (Å²) >= 11 is 0. The van der Waals surface area contributed by atoms with Crippen LogP contribution in [-0.4, -0.2) is 24.7 Å². The largest absolute Gasteiger partial charge is 0.504 e. The van der Waals surface area contributed by atoms with E-state index < -0.39 is 13.9 Å². The number of aliphatic hydroxyl groups excluding tert-OH is 1. The van der Waals surface area contributed by atoms with Gasteiger partial charge in [-0.15, -0.1) is 0 Å². The highest BCUT2D eigenvalue weighted by Crippen LogP contribution is 2.33. The Kier molecular flexibility index (Phi) is 7.28. The summed E-state index contributed by atoms with van der Waals surface area (Å²) in [5.74, 6) is -0.932. The monoisotopic (exact) mass is 398 g/mol. The Balaban J connectivity index is 1.36. The van der Waals surface area contributed by atoms with Crippen LogP contribution in [0.4, 0.5) is 0 Å². The van der Waals surface area contributed by atoms with E-state index in [1.807, 2.05) is 0 Å². The molecule has 0 aromatic heterocycles. The van der Waals surface area contributed by atoms with Gasteiger partial charge in [-0.05, 0) is 12.8 Å². The minimum atomic E-state index is -0.889. The maximum absolute atomic E-state index is 12.6. The topological polar surface area (TPSA) is 54.4 Å². The summed E-state index contributed by atoms with van der Waals surface area (Å²) in [4.78, 5) is 24.9. The fourth-order valence-electron chi connectivity index (χ4n) is 4.86. The highest BCUT2D eigenvalue weighted by Gasteiger charge is 2.31. The number of hydrogen-bond donors (Lipinski definition) is 1. The SMILES string of the molecule is C[Si]1(CCCCCCCCC2=C(O)C(=O)c3ccccc3C2=O)CCCCC1. The van der Waals surface area contributed by atoms with Crippen LogP contribution in [-0.2, 0) is 0 Å². The second-order valence-electron chi connectivity index (χ2n) is 9.02. The lowest BCUT2D eigenvalue weighted by Gasteiger charge is -2.31. The number of Topliss-reactive ketones (excluding diaryl/α,β-unsaturated/α-hetero) is 2. The van der Waals surface area contributed by atoms with Gasteiger partial charge in [0.1, 0.15) is 0 Å². The Bertz CT molecular complexity index is 744. The van der Waals surface area contributed by atoms with Crippen molar-refractivity contribution in [3.8, 4) is 0 Å². The first-order valence-corrected chi connectivity index (χ1v) is 14.2. The molecular weight excluding hydrogens is 364 g/mol. The molecule has 0 amide bonds. The van der Waals surface area contributed by atoms with Crippen LogP contribution < -0.4 is 0 Å². The normalized spacial score (nSPS) is 19.0. The second kappa shape index (κ2) is 9.68. The van der Waals surface area contributed by atoms with E-state index in [9.17, 15) is 14.7 Å². The van der Waals surface area contributed by atoms with Gasteiger partial charge in [0.2, 0.25) is 5.78 Å². The molecule has 1 heterocycles. The molecule has 28 heavy (non-hydrogen) atoms. The van der Waals surface area contributed by atoms with Gasteiger partial charge in [-0.1, -0.05) is 100 Å². The van der Waals surface area contributed by atoms with Crippen LogP contribution >= 0.6 is 0 Å². The van der Waals surface area contributed by atoms with Crippen LogP contribution in [0.1, 0.15) is 84.9 Å². The first kappa shape index (κ1) is 21.0. The van der Waals surface area contributed by atoms with Crippen LogP contribution in [0, 0.1) is 0 Å². The predicted octanol–water partition coefficient (Wildman–Crippen LogP) is 6.87. The minimum absolute atomic E-state index is 0.182. The number of fused-ring (bicyclic) bond motifs is 1. The first-order chi connectivity index (χ1) is 13.5. The van der Waals surface area contributed by atoms with Gasteiger partial charge in [0.05, 0.1) is 8.07 Å². The molecule has 1 aromatic rings.